The summed E-state index contributed by atoms with van der Waals surface area (Å²) in [6.45, 7) is 8.31. The second-order valence-electron chi connectivity index (χ2n) is 3.77. The van der Waals surface area contributed by atoms with E-state index in [1.54, 1.807) is 0 Å². The van der Waals surface area contributed by atoms with Gasteiger partial charge in [-0.15, -0.1) is 0 Å². The first-order chi connectivity index (χ1) is 6.24. The molecule has 0 saturated heterocycles. The average Bonchev–Trinajstić information content (AvgIpc) is 2.15. The minimum atomic E-state index is 0.388. The van der Waals surface area contributed by atoms with Gasteiger partial charge >= 0.3 is 0 Å². The lowest BCUT2D eigenvalue weighted by atomic mass is 9.82. The summed E-state index contributed by atoms with van der Waals surface area (Å²) in [5, 5.41) is 1.07. The minimum absolute atomic E-state index is 0.388. The number of halogens is 1. The van der Waals surface area contributed by atoms with Crippen LogP contribution in [0.5, 0.6) is 0 Å². The van der Waals surface area contributed by atoms with Gasteiger partial charge in [0.05, 0.1) is 6.61 Å². The van der Waals surface area contributed by atoms with E-state index in [9.17, 15) is 0 Å². The molecule has 0 bridgehead atoms. The van der Waals surface area contributed by atoms with Crippen LogP contribution in [0.25, 0.3) is 0 Å². The molecular formula is C11H23BrO. The fraction of sp³-hybridized carbons (Fsp3) is 1.00. The molecule has 0 unspecified atom stereocenters. The number of rotatable bonds is 8. The van der Waals surface area contributed by atoms with Gasteiger partial charge < -0.3 is 4.74 Å². The Morgan fingerprint density at radius 1 is 1.08 bits per heavy atom. The van der Waals surface area contributed by atoms with Crippen LogP contribution in [-0.2, 0) is 4.74 Å². The van der Waals surface area contributed by atoms with E-state index in [1.165, 1.54) is 25.7 Å². The molecule has 1 nitrogen and oxygen atoms in total. The van der Waals surface area contributed by atoms with E-state index >= 15 is 0 Å². The van der Waals surface area contributed by atoms with Crippen molar-refractivity contribution in [2.24, 2.45) is 5.41 Å². The molecule has 0 spiro atoms. The Bertz CT molecular complexity index is 109. The predicted molar refractivity (Wildman–Crippen MR) is 62.5 cm³/mol. The third-order valence-electron chi connectivity index (χ3n) is 2.46. The zero-order chi connectivity index (χ0) is 10.2. The Morgan fingerprint density at radius 3 is 1.92 bits per heavy atom. The van der Waals surface area contributed by atoms with Crippen LogP contribution in [0.4, 0.5) is 0 Å². The van der Waals surface area contributed by atoms with Crippen LogP contribution in [0, 0.1) is 5.41 Å². The van der Waals surface area contributed by atoms with Gasteiger partial charge in [-0.05, 0) is 19.8 Å². The maximum absolute atomic E-state index is 5.56. The third-order valence-corrected chi connectivity index (χ3v) is 3.65. The highest BCUT2D eigenvalue weighted by molar-refractivity contribution is 9.09. The van der Waals surface area contributed by atoms with Crippen molar-refractivity contribution in [3.8, 4) is 0 Å². The second kappa shape index (κ2) is 7.81. The number of hydrogen-bond acceptors (Lipinski definition) is 1. The topological polar surface area (TPSA) is 9.23 Å². The van der Waals surface area contributed by atoms with E-state index < -0.39 is 0 Å². The van der Waals surface area contributed by atoms with Crippen LogP contribution < -0.4 is 0 Å². The van der Waals surface area contributed by atoms with Crippen molar-refractivity contribution in [3.05, 3.63) is 0 Å². The van der Waals surface area contributed by atoms with Gasteiger partial charge in [-0.25, -0.2) is 0 Å². The van der Waals surface area contributed by atoms with Crippen LogP contribution in [-0.4, -0.2) is 18.5 Å². The Labute approximate surface area is 91.4 Å². The van der Waals surface area contributed by atoms with Gasteiger partial charge in [-0.2, -0.15) is 0 Å². The second-order valence-corrected chi connectivity index (χ2v) is 4.33. The average molecular weight is 251 g/mol. The largest absolute Gasteiger partial charge is 0.381 e. The zero-order valence-electron chi connectivity index (χ0n) is 9.24. The molecule has 0 amide bonds. The molecular weight excluding hydrogens is 228 g/mol. The van der Waals surface area contributed by atoms with E-state index in [2.05, 4.69) is 36.7 Å². The van der Waals surface area contributed by atoms with E-state index in [-0.39, 0.29) is 0 Å². The molecule has 0 aromatic carbocycles. The van der Waals surface area contributed by atoms with Gasteiger partial charge in [0, 0.05) is 17.4 Å². The smallest absolute Gasteiger partial charge is 0.0530 e. The van der Waals surface area contributed by atoms with Crippen molar-refractivity contribution in [1.82, 2.24) is 0 Å². The highest BCUT2D eigenvalue weighted by atomic mass is 79.9. The maximum atomic E-state index is 5.56. The van der Waals surface area contributed by atoms with Crippen molar-refractivity contribution in [2.75, 3.05) is 18.5 Å². The van der Waals surface area contributed by atoms with Gasteiger partial charge in [0.2, 0.25) is 0 Å². The molecule has 2 heteroatoms. The van der Waals surface area contributed by atoms with E-state index in [4.69, 9.17) is 4.74 Å². The molecule has 0 aliphatic heterocycles. The first kappa shape index (κ1) is 13.4. The standard InChI is InChI=1S/C11H23BrO/c1-4-7-11(9-12,8-5-2)10-13-6-3/h4-10H2,1-3H3. The summed E-state index contributed by atoms with van der Waals surface area (Å²) in [5.74, 6) is 0. The third kappa shape index (κ3) is 5.02. The van der Waals surface area contributed by atoms with Gasteiger partial charge in [0.1, 0.15) is 0 Å². The lowest BCUT2D eigenvalue weighted by Gasteiger charge is -2.31. The van der Waals surface area contributed by atoms with Crippen LogP contribution in [0.1, 0.15) is 46.5 Å². The molecule has 0 atom stereocenters. The van der Waals surface area contributed by atoms with Crippen molar-refractivity contribution in [1.29, 1.82) is 0 Å². The van der Waals surface area contributed by atoms with Crippen molar-refractivity contribution in [2.45, 2.75) is 46.5 Å². The van der Waals surface area contributed by atoms with Crippen molar-refractivity contribution in [3.63, 3.8) is 0 Å². The summed E-state index contributed by atoms with van der Waals surface area (Å²) in [6, 6.07) is 0. The van der Waals surface area contributed by atoms with Gasteiger partial charge in [0.25, 0.3) is 0 Å². The molecule has 0 N–H and O–H groups in total. The number of ether oxygens (including phenoxy) is 1. The number of hydrogen-bond donors (Lipinski definition) is 0. The molecule has 0 aromatic heterocycles. The van der Waals surface area contributed by atoms with Crippen molar-refractivity contribution >= 4 is 15.9 Å². The maximum Gasteiger partial charge on any atom is 0.0530 e. The van der Waals surface area contributed by atoms with E-state index in [0.717, 1.165) is 18.5 Å². The summed E-state index contributed by atoms with van der Waals surface area (Å²) >= 11 is 3.63. The molecule has 0 radical (unpaired) electrons. The van der Waals surface area contributed by atoms with Crippen LogP contribution in [0.3, 0.4) is 0 Å². The van der Waals surface area contributed by atoms with Crippen LogP contribution in [0.15, 0.2) is 0 Å². The molecule has 0 aromatic rings. The Balaban J connectivity index is 4.07. The summed E-state index contributed by atoms with van der Waals surface area (Å²) in [6.07, 6.45) is 5.04. The Kier molecular flexibility index (Phi) is 8.07. The molecule has 0 saturated carbocycles. The molecule has 0 aliphatic rings. The number of alkyl halides is 1. The van der Waals surface area contributed by atoms with Crippen molar-refractivity contribution < 1.29 is 4.74 Å². The summed E-state index contributed by atoms with van der Waals surface area (Å²) in [7, 11) is 0. The summed E-state index contributed by atoms with van der Waals surface area (Å²) < 4.78 is 5.56. The minimum Gasteiger partial charge on any atom is -0.381 e. The fourth-order valence-electron chi connectivity index (χ4n) is 1.82. The highest BCUT2D eigenvalue weighted by Gasteiger charge is 2.26. The molecule has 0 fully saturated rings. The molecule has 80 valence electrons. The monoisotopic (exact) mass is 250 g/mol. The van der Waals surface area contributed by atoms with E-state index in [0.29, 0.717) is 5.41 Å². The zero-order valence-corrected chi connectivity index (χ0v) is 10.8. The summed E-state index contributed by atoms with van der Waals surface area (Å²) in [4.78, 5) is 0. The highest BCUT2D eigenvalue weighted by Crippen LogP contribution is 2.32. The Hall–Kier alpha value is 0.440. The lowest BCUT2D eigenvalue weighted by Crippen LogP contribution is -2.28. The quantitative estimate of drug-likeness (QED) is 0.592. The van der Waals surface area contributed by atoms with Gasteiger partial charge in [-0.3, -0.25) is 0 Å². The molecule has 0 rings (SSSR count). The van der Waals surface area contributed by atoms with Gasteiger partial charge in [-0.1, -0.05) is 42.6 Å². The van der Waals surface area contributed by atoms with Gasteiger partial charge in [0.15, 0.2) is 0 Å². The summed E-state index contributed by atoms with van der Waals surface area (Å²) in [5.41, 5.74) is 0.388. The normalized spacial score (nSPS) is 12.0. The SMILES string of the molecule is CCCC(CBr)(CCC)COCC. The van der Waals surface area contributed by atoms with E-state index in [1.807, 2.05) is 0 Å². The van der Waals surface area contributed by atoms with Crippen LogP contribution >= 0.6 is 15.9 Å². The van der Waals surface area contributed by atoms with Crippen LogP contribution in [0.2, 0.25) is 0 Å². The molecule has 13 heavy (non-hydrogen) atoms. The lowest BCUT2D eigenvalue weighted by molar-refractivity contribution is 0.0529. The molecule has 0 aliphatic carbocycles. The first-order valence-corrected chi connectivity index (χ1v) is 6.50. The first-order valence-electron chi connectivity index (χ1n) is 5.38. The predicted octanol–water partition coefficient (Wildman–Crippen LogP) is 4.00. The Morgan fingerprint density at radius 2 is 1.62 bits per heavy atom. The molecule has 0 heterocycles. The fourth-order valence-corrected chi connectivity index (χ4v) is 2.54.